The number of ether oxygens (including phenoxy) is 3. The molecule has 0 saturated heterocycles. The number of carbonyl (C=O) groups is 2. The molecule has 1 aromatic carbocycles. The highest BCUT2D eigenvalue weighted by Gasteiger charge is 2.06. The van der Waals surface area contributed by atoms with E-state index in [4.69, 9.17) is 0 Å². The summed E-state index contributed by atoms with van der Waals surface area (Å²) in [6.07, 6.45) is -0.738. The van der Waals surface area contributed by atoms with Gasteiger partial charge in [0, 0.05) is 0 Å². The first-order chi connectivity index (χ1) is 7.72. The Labute approximate surface area is 92.9 Å². The molecular weight excluding hydrogens is 212 g/mol. The molecule has 0 saturated carbocycles. The van der Waals surface area contributed by atoms with Crippen molar-refractivity contribution in [1.29, 1.82) is 0 Å². The van der Waals surface area contributed by atoms with Crippen molar-refractivity contribution in [2.24, 2.45) is 0 Å². The highest BCUT2D eigenvalue weighted by Crippen LogP contribution is 2.00. The van der Waals surface area contributed by atoms with E-state index in [2.05, 4.69) is 14.2 Å². The van der Waals surface area contributed by atoms with Gasteiger partial charge in [-0.2, -0.15) is 0 Å². The Hall–Kier alpha value is -2.04. The number of carbonyl (C=O) groups excluding carboxylic acids is 2. The van der Waals surface area contributed by atoms with Crippen LogP contribution < -0.4 is 0 Å². The zero-order chi connectivity index (χ0) is 11.8. The summed E-state index contributed by atoms with van der Waals surface area (Å²) in [4.78, 5) is 21.7. The van der Waals surface area contributed by atoms with Crippen molar-refractivity contribution in [1.82, 2.24) is 0 Å². The van der Waals surface area contributed by atoms with E-state index >= 15 is 0 Å². The molecule has 0 spiro atoms. The first-order valence-electron chi connectivity index (χ1n) is 4.62. The number of methoxy groups -OCH3 is 1. The summed E-state index contributed by atoms with van der Waals surface area (Å²) < 4.78 is 13.2. The predicted octanol–water partition coefficient (Wildman–Crippen LogP) is 1.51. The summed E-state index contributed by atoms with van der Waals surface area (Å²) >= 11 is 0. The van der Waals surface area contributed by atoms with Gasteiger partial charge in [-0.05, 0) is 5.56 Å². The maximum absolute atomic E-state index is 11.2. The maximum atomic E-state index is 11.2. The van der Waals surface area contributed by atoms with Crippen LogP contribution in [0.15, 0.2) is 30.3 Å². The third-order valence-electron chi connectivity index (χ3n) is 1.75. The van der Waals surface area contributed by atoms with Crippen molar-refractivity contribution in [2.75, 3.05) is 13.9 Å². The van der Waals surface area contributed by atoms with E-state index in [0.29, 0.717) is 0 Å². The van der Waals surface area contributed by atoms with E-state index < -0.39 is 18.9 Å². The van der Waals surface area contributed by atoms with Crippen LogP contribution in [0.1, 0.15) is 5.56 Å². The van der Waals surface area contributed by atoms with E-state index in [-0.39, 0.29) is 6.42 Å². The predicted molar refractivity (Wildman–Crippen MR) is 54.6 cm³/mol. The molecule has 0 radical (unpaired) electrons. The average molecular weight is 224 g/mol. The highest BCUT2D eigenvalue weighted by atomic mass is 16.8. The Morgan fingerprint density at radius 2 is 1.81 bits per heavy atom. The van der Waals surface area contributed by atoms with Crippen molar-refractivity contribution in [3.63, 3.8) is 0 Å². The molecule has 0 aliphatic carbocycles. The molecule has 0 aromatic heterocycles. The van der Waals surface area contributed by atoms with Crippen LogP contribution in [0.25, 0.3) is 0 Å². The zero-order valence-electron chi connectivity index (χ0n) is 8.84. The monoisotopic (exact) mass is 224 g/mol. The van der Waals surface area contributed by atoms with E-state index in [1.54, 1.807) is 0 Å². The highest BCUT2D eigenvalue weighted by molar-refractivity contribution is 5.72. The second-order valence-corrected chi connectivity index (χ2v) is 2.90. The van der Waals surface area contributed by atoms with E-state index in [0.717, 1.165) is 5.56 Å². The standard InChI is InChI=1S/C11H12O5/c1-14-11(13)16-8-15-10(12)7-9-5-3-2-4-6-9/h2-6H,7-8H2,1H3. The van der Waals surface area contributed by atoms with Crippen LogP contribution in [0.5, 0.6) is 0 Å². The quantitative estimate of drug-likeness (QED) is 0.573. The third kappa shape index (κ3) is 4.45. The number of rotatable bonds is 4. The minimum absolute atomic E-state index is 0.144. The average Bonchev–Trinajstić information content (AvgIpc) is 2.30. The van der Waals surface area contributed by atoms with Gasteiger partial charge in [0.15, 0.2) is 0 Å². The lowest BCUT2D eigenvalue weighted by molar-refractivity contribution is -0.152. The zero-order valence-corrected chi connectivity index (χ0v) is 8.84. The van der Waals surface area contributed by atoms with Crippen LogP contribution in [-0.4, -0.2) is 26.0 Å². The van der Waals surface area contributed by atoms with Crippen molar-refractivity contribution in [2.45, 2.75) is 6.42 Å². The third-order valence-corrected chi connectivity index (χ3v) is 1.75. The van der Waals surface area contributed by atoms with Gasteiger partial charge in [-0.15, -0.1) is 0 Å². The molecule has 5 nitrogen and oxygen atoms in total. The molecule has 0 amide bonds. The van der Waals surface area contributed by atoms with E-state index in [9.17, 15) is 9.59 Å². The Bertz CT molecular complexity index is 347. The molecule has 0 aliphatic heterocycles. The van der Waals surface area contributed by atoms with E-state index in [1.165, 1.54) is 7.11 Å². The van der Waals surface area contributed by atoms with Crippen LogP contribution in [0.4, 0.5) is 4.79 Å². The van der Waals surface area contributed by atoms with Gasteiger partial charge in [0.05, 0.1) is 13.5 Å². The van der Waals surface area contributed by atoms with Crippen LogP contribution in [-0.2, 0) is 25.4 Å². The SMILES string of the molecule is COC(=O)OCOC(=O)Cc1ccccc1. The Morgan fingerprint density at radius 3 is 2.44 bits per heavy atom. The normalized spacial score (nSPS) is 9.31. The van der Waals surface area contributed by atoms with Crippen molar-refractivity contribution in [3.05, 3.63) is 35.9 Å². The van der Waals surface area contributed by atoms with Crippen LogP contribution in [0.3, 0.4) is 0 Å². The van der Waals surface area contributed by atoms with Gasteiger partial charge in [-0.1, -0.05) is 30.3 Å². The molecule has 1 aromatic rings. The van der Waals surface area contributed by atoms with Crippen LogP contribution >= 0.6 is 0 Å². The molecule has 0 unspecified atom stereocenters. The first kappa shape index (κ1) is 12.0. The Morgan fingerprint density at radius 1 is 1.12 bits per heavy atom. The molecule has 0 bridgehead atoms. The summed E-state index contributed by atoms with van der Waals surface area (Å²) in [6, 6.07) is 9.13. The molecule has 0 atom stereocenters. The number of esters is 1. The van der Waals surface area contributed by atoms with Gasteiger partial charge in [-0.3, -0.25) is 4.79 Å². The van der Waals surface area contributed by atoms with Crippen LogP contribution in [0.2, 0.25) is 0 Å². The van der Waals surface area contributed by atoms with E-state index in [1.807, 2.05) is 30.3 Å². The van der Waals surface area contributed by atoms with Gasteiger partial charge in [0.2, 0.25) is 6.79 Å². The fourth-order valence-corrected chi connectivity index (χ4v) is 1.02. The van der Waals surface area contributed by atoms with Gasteiger partial charge < -0.3 is 14.2 Å². The molecule has 0 aliphatic rings. The molecule has 5 heteroatoms. The van der Waals surface area contributed by atoms with Gasteiger partial charge in [0.1, 0.15) is 0 Å². The second kappa shape index (κ2) is 6.44. The van der Waals surface area contributed by atoms with Crippen molar-refractivity contribution in [3.8, 4) is 0 Å². The first-order valence-corrected chi connectivity index (χ1v) is 4.62. The Balaban J connectivity index is 2.24. The van der Waals surface area contributed by atoms with Gasteiger partial charge in [0.25, 0.3) is 0 Å². The summed E-state index contributed by atoms with van der Waals surface area (Å²) in [5, 5.41) is 0. The lowest BCUT2D eigenvalue weighted by Gasteiger charge is -2.04. The molecule has 0 fully saturated rings. The summed E-state index contributed by atoms with van der Waals surface area (Å²) in [7, 11) is 1.17. The van der Waals surface area contributed by atoms with Gasteiger partial charge >= 0.3 is 12.1 Å². The molecule has 86 valence electrons. The van der Waals surface area contributed by atoms with Crippen molar-refractivity contribution >= 4 is 12.1 Å². The molecular formula is C11H12O5. The second-order valence-electron chi connectivity index (χ2n) is 2.90. The lowest BCUT2D eigenvalue weighted by Crippen LogP contribution is -2.14. The fraction of sp³-hybridized carbons (Fsp3) is 0.273. The molecule has 0 heterocycles. The van der Waals surface area contributed by atoms with Gasteiger partial charge in [-0.25, -0.2) is 4.79 Å². The van der Waals surface area contributed by atoms with Crippen molar-refractivity contribution < 1.29 is 23.8 Å². The largest absolute Gasteiger partial charge is 0.510 e. The number of hydrogen-bond acceptors (Lipinski definition) is 5. The fourth-order valence-electron chi connectivity index (χ4n) is 1.02. The summed E-state index contributed by atoms with van der Waals surface area (Å²) in [6.45, 7) is -0.432. The minimum atomic E-state index is -0.882. The lowest BCUT2D eigenvalue weighted by atomic mass is 10.2. The minimum Gasteiger partial charge on any atom is -0.438 e. The number of hydrogen-bond donors (Lipinski definition) is 0. The molecule has 1 rings (SSSR count). The van der Waals surface area contributed by atoms with Crippen LogP contribution in [0, 0.1) is 0 Å². The Kier molecular flexibility index (Phi) is 4.85. The summed E-state index contributed by atoms with van der Waals surface area (Å²) in [5.74, 6) is -0.463. The molecule has 16 heavy (non-hydrogen) atoms. The smallest absolute Gasteiger partial charge is 0.438 e. The number of benzene rings is 1. The maximum Gasteiger partial charge on any atom is 0.510 e. The topological polar surface area (TPSA) is 61.8 Å². The summed E-state index contributed by atoms with van der Waals surface area (Å²) in [5.41, 5.74) is 0.838. The molecule has 0 N–H and O–H groups in total.